The van der Waals surface area contributed by atoms with Crippen molar-refractivity contribution in [3.63, 3.8) is 0 Å². The van der Waals surface area contributed by atoms with Gasteiger partial charge in [-0.15, -0.1) is 0 Å². The van der Waals surface area contributed by atoms with Gasteiger partial charge in [-0.2, -0.15) is 0 Å². The first kappa shape index (κ1) is 22.3. The van der Waals surface area contributed by atoms with E-state index in [1.165, 1.54) is 23.1 Å². The van der Waals surface area contributed by atoms with E-state index in [1.54, 1.807) is 31.2 Å². The van der Waals surface area contributed by atoms with Gasteiger partial charge >= 0.3 is 0 Å². The molecular formula is C27H24FNO4. The summed E-state index contributed by atoms with van der Waals surface area (Å²) in [5.74, 6) is -1.65. The van der Waals surface area contributed by atoms with Crippen LogP contribution in [0.25, 0.3) is 5.76 Å². The van der Waals surface area contributed by atoms with Crippen LogP contribution in [-0.2, 0) is 9.59 Å². The number of ether oxygens (including phenoxy) is 1. The molecule has 5 nitrogen and oxygen atoms in total. The first-order chi connectivity index (χ1) is 15.8. The maximum absolute atomic E-state index is 13.8. The number of halogens is 1. The molecule has 4 rings (SSSR count). The van der Waals surface area contributed by atoms with E-state index in [0.29, 0.717) is 29.2 Å². The molecule has 168 valence electrons. The monoisotopic (exact) mass is 445 g/mol. The first-order valence-electron chi connectivity index (χ1n) is 10.7. The van der Waals surface area contributed by atoms with Crippen molar-refractivity contribution in [2.24, 2.45) is 0 Å². The minimum atomic E-state index is -0.840. The summed E-state index contributed by atoms with van der Waals surface area (Å²) in [6, 6.07) is 17.6. The fourth-order valence-electron chi connectivity index (χ4n) is 4.07. The minimum Gasteiger partial charge on any atom is -0.507 e. The second-order valence-electron chi connectivity index (χ2n) is 7.97. The lowest BCUT2D eigenvalue weighted by Gasteiger charge is -2.26. The number of aryl methyl sites for hydroxylation is 2. The highest BCUT2D eigenvalue weighted by Gasteiger charge is 2.47. The van der Waals surface area contributed by atoms with E-state index in [0.717, 1.165) is 5.56 Å². The Kier molecular flexibility index (Phi) is 6.01. The van der Waals surface area contributed by atoms with Crippen molar-refractivity contribution in [3.8, 4) is 5.75 Å². The predicted octanol–water partition coefficient (Wildman–Crippen LogP) is 5.47. The van der Waals surface area contributed by atoms with Gasteiger partial charge in [0.05, 0.1) is 18.2 Å². The van der Waals surface area contributed by atoms with E-state index in [2.05, 4.69) is 0 Å². The summed E-state index contributed by atoms with van der Waals surface area (Å²) in [5.41, 5.74) is 2.70. The van der Waals surface area contributed by atoms with Crippen molar-refractivity contribution in [1.29, 1.82) is 0 Å². The Labute approximate surface area is 191 Å². The van der Waals surface area contributed by atoms with Gasteiger partial charge in [0.1, 0.15) is 17.3 Å². The quantitative estimate of drug-likeness (QED) is 0.321. The number of amides is 1. The van der Waals surface area contributed by atoms with Crippen LogP contribution >= 0.6 is 0 Å². The van der Waals surface area contributed by atoms with Gasteiger partial charge in [-0.25, -0.2) is 4.39 Å². The molecule has 1 saturated heterocycles. The molecule has 1 amide bonds. The number of hydrogen-bond acceptors (Lipinski definition) is 4. The molecule has 33 heavy (non-hydrogen) atoms. The number of nitrogens with zero attached hydrogens (tertiary/aromatic N) is 1. The Hall–Kier alpha value is -3.93. The van der Waals surface area contributed by atoms with Gasteiger partial charge in [-0.3, -0.25) is 14.5 Å². The number of aliphatic hydroxyl groups is 1. The summed E-state index contributed by atoms with van der Waals surface area (Å²) < 4.78 is 19.3. The zero-order valence-corrected chi connectivity index (χ0v) is 18.6. The summed E-state index contributed by atoms with van der Waals surface area (Å²) in [6.07, 6.45) is 0. The maximum atomic E-state index is 13.8. The third kappa shape index (κ3) is 4.12. The Morgan fingerprint density at radius 2 is 1.76 bits per heavy atom. The number of ketones is 1. The second kappa shape index (κ2) is 8.90. The molecular weight excluding hydrogens is 421 g/mol. The van der Waals surface area contributed by atoms with Crippen LogP contribution in [0.5, 0.6) is 5.75 Å². The number of aliphatic hydroxyl groups excluding tert-OH is 1. The number of anilines is 1. The number of carbonyl (C=O) groups is 2. The highest BCUT2D eigenvalue weighted by atomic mass is 19.1. The third-order valence-electron chi connectivity index (χ3n) is 5.66. The van der Waals surface area contributed by atoms with Crippen molar-refractivity contribution in [3.05, 3.63) is 100 Å². The molecule has 1 heterocycles. The van der Waals surface area contributed by atoms with Crippen LogP contribution in [0.3, 0.4) is 0 Å². The molecule has 0 radical (unpaired) electrons. The van der Waals surface area contributed by atoms with Gasteiger partial charge in [-0.1, -0.05) is 29.8 Å². The number of carbonyl (C=O) groups excluding carboxylic acids is 2. The molecule has 1 atom stereocenters. The molecule has 1 unspecified atom stereocenters. The molecule has 1 aliphatic rings. The third-order valence-corrected chi connectivity index (χ3v) is 5.66. The topological polar surface area (TPSA) is 66.8 Å². The molecule has 1 N–H and O–H groups in total. The number of rotatable bonds is 5. The molecule has 3 aromatic rings. The Bertz CT molecular complexity index is 1260. The van der Waals surface area contributed by atoms with Gasteiger partial charge in [0.25, 0.3) is 11.7 Å². The Morgan fingerprint density at radius 1 is 1.03 bits per heavy atom. The fraction of sp³-hybridized carbons (Fsp3) is 0.185. The van der Waals surface area contributed by atoms with E-state index in [9.17, 15) is 19.1 Å². The normalized spacial score (nSPS) is 17.5. The van der Waals surface area contributed by atoms with Crippen molar-refractivity contribution in [2.45, 2.75) is 26.8 Å². The van der Waals surface area contributed by atoms with Crippen LogP contribution in [0.1, 0.15) is 35.2 Å². The highest BCUT2D eigenvalue weighted by Crippen LogP contribution is 2.42. The van der Waals surface area contributed by atoms with Crippen LogP contribution in [0.2, 0.25) is 0 Å². The molecule has 0 aromatic heterocycles. The van der Waals surface area contributed by atoms with Crippen molar-refractivity contribution < 1.29 is 23.8 Å². The molecule has 3 aromatic carbocycles. The largest absolute Gasteiger partial charge is 0.507 e. The zero-order valence-electron chi connectivity index (χ0n) is 18.6. The van der Waals surface area contributed by atoms with Gasteiger partial charge in [-0.05, 0) is 74.4 Å². The molecule has 0 bridgehead atoms. The average Bonchev–Trinajstić information content (AvgIpc) is 3.06. The average molecular weight is 445 g/mol. The summed E-state index contributed by atoms with van der Waals surface area (Å²) in [5, 5.41) is 11.1. The van der Waals surface area contributed by atoms with E-state index in [4.69, 9.17) is 4.74 Å². The molecule has 1 fully saturated rings. The van der Waals surface area contributed by atoms with E-state index in [-0.39, 0.29) is 16.9 Å². The molecule has 0 aliphatic carbocycles. The fourth-order valence-corrected chi connectivity index (χ4v) is 4.07. The minimum absolute atomic E-state index is 0.0366. The number of benzene rings is 3. The van der Waals surface area contributed by atoms with E-state index < -0.39 is 23.5 Å². The molecule has 1 aliphatic heterocycles. The summed E-state index contributed by atoms with van der Waals surface area (Å²) >= 11 is 0. The number of Topliss-reactive ketones (excluding diaryl/α,β-unsaturated/α-hetero) is 1. The zero-order chi connectivity index (χ0) is 23.7. The van der Waals surface area contributed by atoms with E-state index in [1.807, 2.05) is 38.1 Å². The lowest BCUT2D eigenvalue weighted by atomic mass is 9.94. The molecule has 0 spiro atoms. The van der Waals surface area contributed by atoms with Crippen molar-refractivity contribution in [2.75, 3.05) is 11.5 Å². The van der Waals surface area contributed by atoms with Crippen LogP contribution in [0.15, 0.2) is 72.3 Å². The van der Waals surface area contributed by atoms with Crippen LogP contribution in [0.4, 0.5) is 10.1 Å². The second-order valence-corrected chi connectivity index (χ2v) is 7.97. The van der Waals surface area contributed by atoms with Gasteiger partial charge in [0, 0.05) is 11.3 Å². The van der Waals surface area contributed by atoms with Gasteiger partial charge in [0.2, 0.25) is 0 Å². The van der Waals surface area contributed by atoms with Crippen molar-refractivity contribution in [1.82, 2.24) is 0 Å². The Morgan fingerprint density at radius 3 is 2.39 bits per heavy atom. The van der Waals surface area contributed by atoms with Crippen LogP contribution in [-0.4, -0.2) is 23.4 Å². The van der Waals surface area contributed by atoms with Crippen LogP contribution in [0, 0.1) is 19.7 Å². The molecule has 6 heteroatoms. The standard InChI is InChI=1S/C27H24FNO4/c1-4-33-21-11-9-20(10-12-21)29-24(18-7-5-6-16(2)14-18)23(26(31)27(29)32)25(30)19-8-13-22(28)17(3)15-19/h5-15,24,30H,4H2,1-3H3/b25-23-. The Balaban J connectivity index is 1.91. The summed E-state index contributed by atoms with van der Waals surface area (Å²) in [4.78, 5) is 27.8. The van der Waals surface area contributed by atoms with Crippen molar-refractivity contribution >= 4 is 23.1 Å². The van der Waals surface area contributed by atoms with E-state index >= 15 is 0 Å². The van der Waals surface area contributed by atoms with Gasteiger partial charge in [0.15, 0.2) is 0 Å². The summed E-state index contributed by atoms with van der Waals surface area (Å²) in [7, 11) is 0. The lowest BCUT2D eigenvalue weighted by molar-refractivity contribution is -0.132. The number of hydrogen-bond donors (Lipinski definition) is 1. The highest BCUT2D eigenvalue weighted by molar-refractivity contribution is 6.51. The summed E-state index contributed by atoms with van der Waals surface area (Å²) in [6.45, 7) is 5.87. The smallest absolute Gasteiger partial charge is 0.300 e. The molecule has 0 saturated carbocycles. The maximum Gasteiger partial charge on any atom is 0.300 e. The lowest BCUT2D eigenvalue weighted by Crippen LogP contribution is -2.29. The predicted molar refractivity (Wildman–Crippen MR) is 125 cm³/mol. The first-order valence-corrected chi connectivity index (χ1v) is 10.7. The van der Waals surface area contributed by atoms with Gasteiger partial charge < -0.3 is 9.84 Å². The van der Waals surface area contributed by atoms with Crippen LogP contribution < -0.4 is 9.64 Å². The SMILES string of the molecule is CCOc1ccc(N2C(=O)C(=O)/C(=C(\O)c3ccc(F)c(C)c3)C2c2cccc(C)c2)cc1.